The lowest BCUT2D eigenvalue weighted by molar-refractivity contribution is -0.111. The van der Waals surface area contributed by atoms with E-state index >= 15 is 0 Å². The number of nitrogens with two attached hydrogens (primary N) is 1. The lowest BCUT2D eigenvalue weighted by atomic mass is 9.70. The molecule has 2 rings (SSSR count). The standard InChI is InChI=1S/C13H26N2O/c1-12(2,10-14)15-8-7-13(16)6-4-3-5-11(13)9-15/h11,16H,3-10,14H2,1-2H3. The molecule has 0 spiro atoms. The van der Waals surface area contributed by atoms with Gasteiger partial charge in [0.25, 0.3) is 0 Å². The molecule has 0 aromatic rings. The summed E-state index contributed by atoms with van der Waals surface area (Å²) in [5.74, 6) is 0.473. The number of aliphatic hydroxyl groups is 1. The van der Waals surface area contributed by atoms with E-state index in [2.05, 4.69) is 18.7 Å². The van der Waals surface area contributed by atoms with Crippen LogP contribution in [0, 0.1) is 5.92 Å². The summed E-state index contributed by atoms with van der Waals surface area (Å²) in [4.78, 5) is 2.47. The Morgan fingerprint density at radius 3 is 2.81 bits per heavy atom. The zero-order chi connectivity index (χ0) is 11.8. The van der Waals surface area contributed by atoms with Gasteiger partial charge in [-0.1, -0.05) is 12.8 Å². The molecule has 1 aliphatic heterocycles. The lowest BCUT2D eigenvalue weighted by Crippen LogP contribution is -2.60. The highest BCUT2D eigenvalue weighted by atomic mass is 16.3. The molecular formula is C13H26N2O. The van der Waals surface area contributed by atoms with E-state index in [4.69, 9.17) is 5.73 Å². The molecule has 0 aromatic carbocycles. The van der Waals surface area contributed by atoms with Crippen LogP contribution in [0.4, 0.5) is 0 Å². The van der Waals surface area contributed by atoms with Crippen LogP contribution in [0.1, 0.15) is 46.0 Å². The Balaban J connectivity index is 2.05. The minimum Gasteiger partial charge on any atom is -0.390 e. The van der Waals surface area contributed by atoms with Crippen molar-refractivity contribution < 1.29 is 5.11 Å². The van der Waals surface area contributed by atoms with Gasteiger partial charge in [0.05, 0.1) is 5.60 Å². The topological polar surface area (TPSA) is 49.5 Å². The molecular weight excluding hydrogens is 200 g/mol. The maximum Gasteiger partial charge on any atom is 0.0700 e. The van der Waals surface area contributed by atoms with E-state index in [0.29, 0.717) is 12.5 Å². The maximum absolute atomic E-state index is 10.6. The molecule has 0 radical (unpaired) electrons. The highest BCUT2D eigenvalue weighted by Crippen LogP contribution is 2.41. The molecule has 94 valence electrons. The summed E-state index contributed by atoms with van der Waals surface area (Å²) >= 11 is 0. The zero-order valence-electron chi connectivity index (χ0n) is 10.7. The van der Waals surface area contributed by atoms with Gasteiger partial charge in [0, 0.05) is 31.1 Å². The van der Waals surface area contributed by atoms with Crippen LogP contribution in [-0.4, -0.2) is 40.8 Å². The second kappa shape index (κ2) is 4.28. The molecule has 16 heavy (non-hydrogen) atoms. The molecule has 0 bridgehead atoms. The summed E-state index contributed by atoms with van der Waals surface area (Å²) in [6.45, 7) is 7.14. The number of likely N-dealkylation sites (tertiary alicyclic amines) is 1. The first kappa shape index (κ1) is 12.3. The van der Waals surface area contributed by atoms with Crippen LogP contribution < -0.4 is 5.73 Å². The van der Waals surface area contributed by atoms with Gasteiger partial charge in [-0.25, -0.2) is 0 Å². The molecule has 2 fully saturated rings. The second-order valence-corrected chi connectivity index (χ2v) is 6.26. The number of piperidine rings is 1. The highest BCUT2D eigenvalue weighted by Gasteiger charge is 2.45. The van der Waals surface area contributed by atoms with Gasteiger partial charge in [-0.3, -0.25) is 4.90 Å². The summed E-state index contributed by atoms with van der Waals surface area (Å²) in [5, 5.41) is 10.6. The van der Waals surface area contributed by atoms with Crippen LogP contribution in [0.25, 0.3) is 0 Å². The van der Waals surface area contributed by atoms with E-state index in [1.54, 1.807) is 0 Å². The number of fused-ring (bicyclic) bond motifs is 1. The van der Waals surface area contributed by atoms with Crippen LogP contribution in [0.3, 0.4) is 0 Å². The Labute approximate surface area is 99.0 Å². The van der Waals surface area contributed by atoms with E-state index in [1.807, 2.05) is 0 Å². The van der Waals surface area contributed by atoms with E-state index < -0.39 is 0 Å². The van der Waals surface area contributed by atoms with Crippen LogP contribution in [0.5, 0.6) is 0 Å². The van der Waals surface area contributed by atoms with Gasteiger partial charge < -0.3 is 10.8 Å². The van der Waals surface area contributed by atoms with Crippen molar-refractivity contribution >= 4 is 0 Å². The highest BCUT2D eigenvalue weighted by molar-refractivity contribution is 4.98. The fraction of sp³-hybridized carbons (Fsp3) is 1.00. The molecule has 1 saturated carbocycles. The fourth-order valence-corrected chi connectivity index (χ4v) is 3.25. The Morgan fingerprint density at radius 2 is 2.12 bits per heavy atom. The van der Waals surface area contributed by atoms with Gasteiger partial charge in [-0.15, -0.1) is 0 Å². The van der Waals surface area contributed by atoms with E-state index in [0.717, 1.165) is 25.9 Å². The molecule has 2 atom stereocenters. The molecule has 2 aliphatic rings. The summed E-state index contributed by atoms with van der Waals surface area (Å²) in [5.41, 5.74) is 5.55. The lowest BCUT2D eigenvalue weighted by Gasteiger charge is -2.51. The van der Waals surface area contributed by atoms with Crippen molar-refractivity contribution in [3.63, 3.8) is 0 Å². The van der Waals surface area contributed by atoms with Crippen LogP contribution in [0.2, 0.25) is 0 Å². The molecule has 3 heteroatoms. The number of hydrogen-bond acceptors (Lipinski definition) is 3. The Morgan fingerprint density at radius 1 is 1.38 bits per heavy atom. The monoisotopic (exact) mass is 226 g/mol. The molecule has 3 N–H and O–H groups in total. The average molecular weight is 226 g/mol. The SMILES string of the molecule is CC(C)(CN)N1CCC2(O)CCCCC2C1. The third-order valence-electron chi connectivity index (χ3n) is 4.78. The minimum absolute atomic E-state index is 0.0821. The Bertz CT molecular complexity index is 254. The maximum atomic E-state index is 10.6. The van der Waals surface area contributed by atoms with Gasteiger partial charge in [0.2, 0.25) is 0 Å². The normalized spacial score (nSPS) is 37.1. The van der Waals surface area contributed by atoms with Crippen molar-refractivity contribution in [2.24, 2.45) is 11.7 Å². The minimum atomic E-state index is -0.362. The van der Waals surface area contributed by atoms with Crippen LogP contribution in [0.15, 0.2) is 0 Å². The molecule has 3 nitrogen and oxygen atoms in total. The van der Waals surface area contributed by atoms with Gasteiger partial charge in [-0.2, -0.15) is 0 Å². The summed E-state index contributed by atoms with van der Waals surface area (Å²) in [7, 11) is 0. The van der Waals surface area contributed by atoms with E-state index in [1.165, 1.54) is 19.3 Å². The third kappa shape index (κ3) is 2.13. The van der Waals surface area contributed by atoms with Crippen molar-refractivity contribution in [1.82, 2.24) is 4.90 Å². The number of rotatable bonds is 2. The van der Waals surface area contributed by atoms with Crippen molar-refractivity contribution in [3.05, 3.63) is 0 Å². The molecule has 1 aliphatic carbocycles. The number of hydrogen-bond donors (Lipinski definition) is 2. The third-order valence-corrected chi connectivity index (χ3v) is 4.78. The van der Waals surface area contributed by atoms with Gasteiger partial charge in [0.15, 0.2) is 0 Å². The summed E-state index contributed by atoms with van der Waals surface area (Å²) in [6, 6.07) is 0. The molecule has 2 unspecified atom stereocenters. The van der Waals surface area contributed by atoms with E-state index in [-0.39, 0.29) is 11.1 Å². The van der Waals surface area contributed by atoms with E-state index in [9.17, 15) is 5.11 Å². The first-order valence-electron chi connectivity index (χ1n) is 6.65. The van der Waals surface area contributed by atoms with Crippen molar-refractivity contribution in [1.29, 1.82) is 0 Å². The first-order chi connectivity index (χ1) is 7.48. The number of nitrogens with zero attached hydrogens (tertiary/aromatic N) is 1. The second-order valence-electron chi connectivity index (χ2n) is 6.26. The zero-order valence-corrected chi connectivity index (χ0v) is 10.7. The summed E-state index contributed by atoms with van der Waals surface area (Å²) in [6.07, 6.45) is 5.61. The van der Waals surface area contributed by atoms with Gasteiger partial charge in [-0.05, 0) is 33.1 Å². The molecule has 1 heterocycles. The van der Waals surface area contributed by atoms with Crippen molar-refractivity contribution in [2.75, 3.05) is 19.6 Å². The molecule has 0 amide bonds. The average Bonchev–Trinajstić information content (AvgIpc) is 2.27. The summed E-state index contributed by atoms with van der Waals surface area (Å²) < 4.78 is 0. The van der Waals surface area contributed by atoms with Gasteiger partial charge >= 0.3 is 0 Å². The predicted molar refractivity (Wildman–Crippen MR) is 66.2 cm³/mol. The largest absolute Gasteiger partial charge is 0.390 e. The molecule has 1 saturated heterocycles. The smallest absolute Gasteiger partial charge is 0.0700 e. The predicted octanol–water partition coefficient (Wildman–Crippen LogP) is 1.35. The Kier molecular flexibility index (Phi) is 3.30. The van der Waals surface area contributed by atoms with Crippen LogP contribution >= 0.6 is 0 Å². The van der Waals surface area contributed by atoms with Gasteiger partial charge in [0.1, 0.15) is 0 Å². The fourth-order valence-electron chi connectivity index (χ4n) is 3.25. The van der Waals surface area contributed by atoms with Crippen molar-refractivity contribution in [3.8, 4) is 0 Å². The Hall–Kier alpha value is -0.120. The van der Waals surface area contributed by atoms with Crippen molar-refractivity contribution in [2.45, 2.75) is 57.1 Å². The van der Waals surface area contributed by atoms with Crippen LogP contribution in [-0.2, 0) is 0 Å². The quantitative estimate of drug-likeness (QED) is 0.747. The first-order valence-corrected chi connectivity index (χ1v) is 6.65. The molecule has 0 aromatic heterocycles.